The molecule has 1 aliphatic heterocycles. The van der Waals surface area contributed by atoms with E-state index in [1.165, 1.54) is 11.9 Å². The molecule has 1 unspecified atom stereocenters. The molecule has 1 atom stereocenters. The molecule has 8 heteroatoms. The van der Waals surface area contributed by atoms with Crippen molar-refractivity contribution in [3.8, 4) is 11.5 Å². The Balaban J connectivity index is 1.64. The Morgan fingerprint density at radius 3 is 2.65 bits per heavy atom. The smallest absolute Gasteiger partial charge is 0.338 e. The van der Waals surface area contributed by atoms with Crippen LogP contribution >= 0.6 is 0 Å². The monoisotopic (exact) mass is 462 g/mol. The van der Waals surface area contributed by atoms with Gasteiger partial charge in [0.25, 0.3) is 0 Å². The van der Waals surface area contributed by atoms with Gasteiger partial charge >= 0.3 is 5.97 Å². The zero-order valence-corrected chi connectivity index (χ0v) is 20.0. The highest BCUT2D eigenvalue weighted by Gasteiger charge is 2.34. The van der Waals surface area contributed by atoms with Crippen LogP contribution in [0.5, 0.6) is 11.5 Å². The first-order valence-corrected chi connectivity index (χ1v) is 11.4. The number of unbranched alkanes of at least 4 members (excludes halogenated alkanes) is 1. The molecule has 0 bridgehead atoms. The number of anilines is 1. The van der Waals surface area contributed by atoms with Crippen LogP contribution in [0.15, 0.2) is 60.1 Å². The van der Waals surface area contributed by atoms with Gasteiger partial charge in [-0.1, -0.05) is 49.2 Å². The van der Waals surface area contributed by atoms with Gasteiger partial charge in [0.2, 0.25) is 5.95 Å². The molecular weight excluding hydrogens is 432 g/mol. The fourth-order valence-electron chi connectivity index (χ4n) is 3.87. The predicted molar refractivity (Wildman–Crippen MR) is 129 cm³/mol. The minimum absolute atomic E-state index is 0.372. The summed E-state index contributed by atoms with van der Waals surface area (Å²) in [6.07, 6.45) is 3.22. The minimum atomic E-state index is -0.507. The maximum atomic E-state index is 13.1. The highest BCUT2D eigenvalue weighted by molar-refractivity contribution is 5.92. The average molecular weight is 463 g/mol. The van der Waals surface area contributed by atoms with Crippen molar-refractivity contribution in [2.75, 3.05) is 19.0 Å². The number of nitrogens with zero attached hydrogens (tertiary/aromatic N) is 3. The second-order valence-electron chi connectivity index (χ2n) is 8.27. The van der Waals surface area contributed by atoms with E-state index in [-0.39, 0.29) is 5.97 Å². The maximum Gasteiger partial charge on any atom is 0.338 e. The number of esters is 1. The van der Waals surface area contributed by atoms with Crippen LogP contribution in [0.25, 0.3) is 0 Å². The van der Waals surface area contributed by atoms with Crippen molar-refractivity contribution in [2.45, 2.75) is 46.3 Å². The zero-order valence-electron chi connectivity index (χ0n) is 20.0. The van der Waals surface area contributed by atoms with Gasteiger partial charge in [-0.3, -0.25) is 0 Å². The number of aromatic nitrogens is 3. The van der Waals surface area contributed by atoms with Crippen molar-refractivity contribution in [3.63, 3.8) is 0 Å². The first kappa shape index (κ1) is 23.4. The van der Waals surface area contributed by atoms with E-state index in [2.05, 4.69) is 41.4 Å². The summed E-state index contributed by atoms with van der Waals surface area (Å²) in [5, 5.41) is 7.52. The Kier molecular flexibility index (Phi) is 7.15. The molecule has 0 saturated carbocycles. The predicted octanol–water partition coefficient (Wildman–Crippen LogP) is 4.81. The molecule has 0 amide bonds. The number of hydrogen-bond acceptors (Lipinski definition) is 7. The van der Waals surface area contributed by atoms with Gasteiger partial charge in [0.15, 0.2) is 11.5 Å². The molecule has 2 heterocycles. The fraction of sp³-hybridized carbons (Fsp3) is 0.346. The maximum absolute atomic E-state index is 13.1. The lowest BCUT2D eigenvalue weighted by Gasteiger charge is -2.28. The third-order valence-electron chi connectivity index (χ3n) is 5.76. The highest BCUT2D eigenvalue weighted by atomic mass is 16.5. The summed E-state index contributed by atoms with van der Waals surface area (Å²) in [7, 11) is 1.60. The summed E-state index contributed by atoms with van der Waals surface area (Å²) < 4.78 is 18.9. The topological polar surface area (TPSA) is 87.5 Å². The number of carbonyl (C=O) groups is 1. The summed E-state index contributed by atoms with van der Waals surface area (Å²) in [6.45, 7) is 6.75. The lowest BCUT2D eigenvalue weighted by Crippen LogP contribution is -2.29. The van der Waals surface area contributed by atoms with Crippen molar-refractivity contribution in [3.05, 3.63) is 76.8 Å². The molecule has 0 fully saturated rings. The van der Waals surface area contributed by atoms with E-state index < -0.39 is 6.04 Å². The first-order valence-electron chi connectivity index (χ1n) is 11.4. The van der Waals surface area contributed by atoms with Gasteiger partial charge in [0, 0.05) is 5.70 Å². The second kappa shape index (κ2) is 10.4. The third kappa shape index (κ3) is 4.90. The van der Waals surface area contributed by atoms with E-state index >= 15 is 0 Å². The molecule has 0 radical (unpaired) electrons. The van der Waals surface area contributed by atoms with Gasteiger partial charge in [-0.05, 0) is 43.5 Å². The number of nitrogens with one attached hydrogen (secondary N) is 1. The van der Waals surface area contributed by atoms with Crippen molar-refractivity contribution in [1.82, 2.24) is 14.8 Å². The Bertz CT molecular complexity index is 1180. The van der Waals surface area contributed by atoms with E-state index in [0.717, 1.165) is 24.0 Å². The van der Waals surface area contributed by atoms with Gasteiger partial charge in [0.05, 0.1) is 19.3 Å². The number of allylic oxidation sites excluding steroid dienone is 1. The van der Waals surface area contributed by atoms with Crippen molar-refractivity contribution >= 4 is 11.9 Å². The molecule has 178 valence electrons. The molecule has 0 aliphatic carbocycles. The normalized spacial score (nSPS) is 14.9. The SMILES string of the molecule is CCCCOC(=O)C1=C(C)Nc2ncnn2C1c1ccc(OCc2ccc(C)cc2)c(OC)c1. The standard InChI is InChI=1S/C26H30N4O4/c1-5-6-13-33-25(31)23-18(3)29-26-27-16-28-30(26)24(23)20-11-12-21(22(14-20)32-4)34-15-19-9-7-17(2)8-10-19/h7-12,14,16,24H,5-6,13,15H2,1-4H3,(H,27,28,29). The number of aryl methyl sites for hydroxylation is 1. The van der Waals surface area contributed by atoms with E-state index in [0.29, 0.717) is 41.9 Å². The molecule has 4 rings (SSSR count). The molecule has 1 N–H and O–H groups in total. The van der Waals surface area contributed by atoms with Gasteiger partial charge in [0.1, 0.15) is 19.0 Å². The second-order valence-corrected chi connectivity index (χ2v) is 8.27. The van der Waals surface area contributed by atoms with E-state index in [9.17, 15) is 4.79 Å². The quantitative estimate of drug-likeness (QED) is 0.361. The molecular formula is C26H30N4O4. The van der Waals surface area contributed by atoms with Crippen LogP contribution in [-0.4, -0.2) is 34.5 Å². The molecule has 3 aromatic rings. The molecule has 0 spiro atoms. The molecule has 1 aromatic heterocycles. The molecule has 2 aromatic carbocycles. The number of methoxy groups -OCH3 is 1. The fourth-order valence-corrected chi connectivity index (χ4v) is 3.87. The number of fused-ring (bicyclic) bond motifs is 1. The summed E-state index contributed by atoms with van der Waals surface area (Å²) >= 11 is 0. The summed E-state index contributed by atoms with van der Waals surface area (Å²) in [4.78, 5) is 17.3. The Morgan fingerprint density at radius 1 is 1.12 bits per heavy atom. The Labute approximate surface area is 199 Å². The average Bonchev–Trinajstić information content (AvgIpc) is 3.31. The zero-order chi connectivity index (χ0) is 24.1. The summed E-state index contributed by atoms with van der Waals surface area (Å²) in [6, 6.07) is 13.3. The Hall–Kier alpha value is -3.81. The largest absolute Gasteiger partial charge is 0.493 e. The lowest BCUT2D eigenvalue weighted by atomic mass is 9.95. The highest BCUT2D eigenvalue weighted by Crippen LogP contribution is 2.39. The summed E-state index contributed by atoms with van der Waals surface area (Å²) in [5.74, 6) is 1.38. The van der Waals surface area contributed by atoms with Crippen molar-refractivity contribution in [2.24, 2.45) is 0 Å². The lowest BCUT2D eigenvalue weighted by molar-refractivity contribution is -0.139. The van der Waals surface area contributed by atoms with Gasteiger partial charge in [-0.15, -0.1) is 0 Å². The van der Waals surface area contributed by atoms with Crippen LogP contribution in [0.3, 0.4) is 0 Å². The molecule has 34 heavy (non-hydrogen) atoms. The van der Waals surface area contributed by atoms with E-state index in [4.69, 9.17) is 14.2 Å². The number of carbonyl (C=O) groups excluding carboxylic acids is 1. The third-order valence-corrected chi connectivity index (χ3v) is 5.76. The van der Waals surface area contributed by atoms with E-state index in [1.807, 2.05) is 37.3 Å². The number of ether oxygens (including phenoxy) is 3. The van der Waals surface area contributed by atoms with Crippen LogP contribution in [0.4, 0.5) is 5.95 Å². The van der Waals surface area contributed by atoms with Crippen LogP contribution in [0.2, 0.25) is 0 Å². The van der Waals surface area contributed by atoms with Gasteiger partial charge < -0.3 is 19.5 Å². The number of benzene rings is 2. The molecule has 0 saturated heterocycles. The van der Waals surface area contributed by atoms with Crippen molar-refractivity contribution < 1.29 is 19.0 Å². The summed E-state index contributed by atoms with van der Waals surface area (Å²) in [5.41, 5.74) is 4.26. The van der Waals surface area contributed by atoms with Crippen LogP contribution in [0.1, 0.15) is 49.4 Å². The van der Waals surface area contributed by atoms with Crippen molar-refractivity contribution in [1.29, 1.82) is 0 Å². The molecule has 8 nitrogen and oxygen atoms in total. The first-order chi connectivity index (χ1) is 16.5. The minimum Gasteiger partial charge on any atom is -0.493 e. The number of hydrogen-bond donors (Lipinski definition) is 1. The molecule has 1 aliphatic rings. The van der Waals surface area contributed by atoms with E-state index in [1.54, 1.807) is 11.8 Å². The van der Waals surface area contributed by atoms with Crippen LogP contribution < -0.4 is 14.8 Å². The van der Waals surface area contributed by atoms with Crippen LogP contribution in [0, 0.1) is 6.92 Å². The number of rotatable bonds is 9. The van der Waals surface area contributed by atoms with Gasteiger partial charge in [-0.25, -0.2) is 9.48 Å². The van der Waals surface area contributed by atoms with Gasteiger partial charge in [-0.2, -0.15) is 10.1 Å². The Morgan fingerprint density at radius 2 is 1.91 bits per heavy atom. The van der Waals surface area contributed by atoms with Crippen LogP contribution in [-0.2, 0) is 16.1 Å².